The van der Waals surface area contributed by atoms with Gasteiger partial charge >= 0.3 is 0 Å². The van der Waals surface area contributed by atoms with E-state index in [1.165, 1.54) is 37.7 Å². The Morgan fingerprint density at radius 3 is 2.75 bits per heavy atom. The van der Waals surface area contributed by atoms with E-state index in [0.29, 0.717) is 12.0 Å². The number of benzene rings is 2. The third-order valence-electron chi connectivity index (χ3n) is 6.53. The van der Waals surface area contributed by atoms with E-state index in [2.05, 4.69) is 56.3 Å². The molecule has 0 N–H and O–H groups in total. The highest BCUT2D eigenvalue weighted by atomic mass is 16.5. The number of rotatable bonds is 3. The van der Waals surface area contributed by atoms with Gasteiger partial charge in [0.25, 0.3) is 0 Å². The molecule has 126 valence electrons. The SMILES string of the molecule is CC1CCCC2(C)c3cc(OCc4ccccc4)ccc3CCC12. The monoisotopic (exact) mass is 320 g/mol. The zero-order chi connectivity index (χ0) is 16.6. The maximum atomic E-state index is 6.11. The Hall–Kier alpha value is -1.76. The van der Waals surface area contributed by atoms with Crippen LogP contribution in [0, 0.1) is 11.8 Å². The van der Waals surface area contributed by atoms with Crippen LogP contribution in [-0.2, 0) is 18.4 Å². The maximum absolute atomic E-state index is 6.11. The minimum atomic E-state index is 0.345. The van der Waals surface area contributed by atoms with E-state index in [4.69, 9.17) is 4.74 Å². The second-order valence-electron chi connectivity index (χ2n) is 8.03. The van der Waals surface area contributed by atoms with Gasteiger partial charge < -0.3 is 4.74 Å². The van der Waals surface area contributed by atoms with Crippen molar-refractivity contribution in [1.82, 2.24) is 0 Å². The van der Waals surface area contributed by atoms with Crippen LogP contribution in [0.2, 0.25) is 0 Å². The first kappa shape index (κ1) is 15.7. The zero-order valence-corrected chi connectivity index (χ0v) is 14.9. The van der Waals surface area contributed by atoms with Crippen LogP contribution in [0.15, 0.2) is 48.5 Å². The largest absolute Gasteiger partial charge is 0.489 e. The summed E-state index contributed by atoms with van der Waals surface area (Å²) in [5.41, 5.74) is 4.69. The molecule has 2 aromatic carbocycles. The molecule has 1 heteroatoms. The van der Waals surface area contributed by atoms with Gasteiger partial charge in [-0.05, 0) is 65.3 Å². The Kier molecular flexibility index (Phi) is 4.12. The van der Waals surface area contributed by atoms with Crippen molar-refractivity contribution in [2.24, 2.45) is 11.8 Å². The van der Waals surface area contributed by atoms with Gasteiger partial charge in [-0.2, -0.15) is 0 Å². The molecule has 3 unspecified atom stereocenters. The molecule has 0 bridgehead atoms. The van der Waals surface area contributed by atoms with Gasteiger partial charge in [-0.3, -0.25) is 0 Å². The molecule has 3 atom stereocenters. The number of hydrogen-bond donors (Lipinski definition) is 0. The lowest BCUT2D eigenvalue weighted by atomic mass is 9.55. The molecular weight excluding hydrogens is 292 g/mol. The highest BCUT2D eigenvalue weighted by Gasteiger charge is 2.44. The lowest BCUT2D eigenvalue weighted by Gasteiger charge is -2.49. The van der Waals surface area contributed by atoms with Gasteiger partial charge in [-0.1, -0.05) is 63.1 Å². The third kappa shape index (κ3) is 2.75. The Morgan fingerprint density at radius 1 is 1.08 bits per heavy atom. The lowest BCUT2D eigenvalue weighted by Crippen LogP contribution is -2.43. The predicted molar refractivity (Wildman–Crippen MR) is 99.4 cm³/mol. The molecule has 0 aliphatic heterocycles. The van der Waals surface area contributed by atoms with Crippen molar-refractivity contribution in [3.05, 3.63) is 65.2 Å². The Morgan fingerprint density at radius 2 is 1.92 bits per heavy atom. The highest BCUT2D eigenvalue weighted by Crippen LogP contribution is 2.52. The van der Waals surface area contributed by atoms with Crippen LogP contribution < -0.4 is 4.74 Å². The number of aryl methyl sites for hydroxylation is 1. The first-order chi connectivity index (χ1) is 11.7. The highest BCUT2D eigenvalue weighted by molar-refractivity contribution is 5.43. The summed E-state index contributed by atoms with van der Waals surface area (Å²) < 4.78 is 6.11. The average molecular weight is 320 g/mol. The van der Waals surface area contributed by atoms with Crippen molar-refractivity contribution < 1.29 is 4.74 Å². The second-order valence-corrected chi connectivity index (χ2v) is 8.03. The molecule has 0 heterocycles. The van der Waals surface area contributed by atoms with Gasteiger partial charge in [-0.25, -0.2) is 0 Å². The van der Waals surface area contributed by atoms with Crippen molar-refractivity contribution in [2.45, 2.75) is 58.0 Å². The predicted octanol–water partition coefficient (Wildman–Crippen LogP) is 5.91. The topological polar surface area (TPSA) is 9.23 Å². The summed E-state index contributed by atoms with van der Waals surface area (Å²) in [6.45, 7) is 5.62. The van der Waals surface area contributed by atoms with Gasteiger partial charge in [0.2, 0.25) is 0 Å². The van der Waals surface area contributed by atoms with Crippen LogP contribution in [0.4, 0.5) is 0 Å². The Balaban J connectivity index is 1.60. The Bertz CT molecular complexity index is 705. The summed E-state index contributed by atoms with van der Waals surface area (Å²) >= 11 is 0. The fourth-order valence-corrected chi connectivity index (χ4v) is 5.19. The van der Waals surface area contributed by atoms with Crippen LogP contribution in [0.5, 0.6) is 5.75 Å². The van der Waals surface area contributed by atoms with Crippen LogP contribution in [0.3, 0.4) is 0 Å². The second kappa shape index (κ2) is 6.27. The normalized spacial score (nSPS) is 28.8. The minimum absolute atomic E-state index is 0.345. The van der Waals surface area contributed by atoms with Crippen molar-refractivity contribution in [3.63, 3.8) is 0 Å². The van der Waals surface area contributed by atoms with E-state index in [9.17, 15) is 0 Å². The molecule has 0 amide bonds. The molecule has 2 aliphatic rings. The van der Waals surface area contributed by atoms with E-state index in [1.54, 1.807) is 11.1 Å². The number of fused-ring (bicyclic) bond motifs is 3. The fraction of sp³-hybridized carbons (Fsp3) is 0.478. The summed E-state index contributed by atoms with van der Waals surface area (Å²) in [4.78, 5) is 0. The Labute approximate surface area is 146 Å². The molecule has 24 heavy (non-hydrogen) atoms. The molecule has 0 saturated heterocycles. The molecule has 1 fully saturated rings. The summed E-state index contributed by atoms with van der Waals surface area (Å²) in [6, 6.07) is 17.3. The molecule has 0 radical (unpaired) electrons. The van der Waals surface area contributed by atoms with Gasteiger partial charge in [0, 0.05) is 0 Å². The fourth-order valence-electron chi connectivity index (χ4n) is 5.19. The minimum Gasteiger partial charge on any atom is -0.489 e. The average Bonchev–Trinajstić information content (AvgIpc) is 2.61. The summed E-state index contributed by atoms with van der Waals surface area (Å²) in [6.07, 6.45) is 6.69. The van der Waals surface area contributed by atoms with Crippen LogP contribution in [-0.4, -0.2) is 0 Å². The van der Waals surface area contributed by atoms with E-state index in [1.807, 2.05) is 6.07 Å². The first-order valence-corrected chi connectivity index (χ1v) is 9.47. The quantitative estimate of drug-likeness (QED) is 0.683. The van der Waals surface area contributed by atoms with Gasteiger partial charge in [0.1, 0.15) is 12.4 Å². The summed E-state index contributed by atoms with van der Waals surface area (Å²) in [5.74, 6) is 2.71. The molecular formula is C23H28O. The van der Waals surface area contributed by atoms with Gasteiger partial charge in [0.15, 0.2) is 0 Å². The van der Waals surface area contributed by atoms with Crippen molar-refractivity contribution in [3.8, 4) is 5.75 Å². The van der Waals surface area contributed by atoms with E-state index in [0.717, 1.165) is 17.6 Å². The van der Waals surface area contributed by atoms with Gasteiger partial charge in [0.05, 0.1) is 0 Å². The molecule has 0 spiro atoms. The standard InChI is InChI=1S/C23H28O/c1-17-7-6-14-23(2)21(17)13-11-19-10-12-20(15-22(19)23)24-16-18-8-4-3-5-9-18/h3-5,8-10,12,15,17,21H,6-7,11,13-14,16H2,1-2H3. The van der Waals surface area contributed by atoms with Crippen LogP contribution in [0.25, 0.3) is 0 Å². The molecule has 4 rings (SSSR count). The molecule has 0 aromatic heterocycles. The van der Waals surface area contributed by atoms with E-state index < -0.39 is 0 Å². The smallest absolute Gasteiger partial charge is 0.120 e. The maximum Gasteiger partial charge on any atom is 0.120 e. The molecule has 1 saturated carbocycles. The van der Waals surface area contributed by atoms with Crippen LogP contribution >= 0.6 is 0 Å². The van der Waals surface area contributed by atoms with Crippen molar-refractivity contribution >= 4 is 0 Å². The molecule has 2 aromatic rings. The van der Waals surface area contributed by atoms with Crippen molar-refractivity contribution in [2.75, 3.05) is 0 Å². The van der Waals surface area contributed by atoms with E-state index in [-0.39, 0.29) is 0 Å². The van der Waals surface area contributed by atoms with Crippen molar-refractivity contribution in [1.29, 1.82) is 0 Å². The van der Waals surface area contributed by atoms with Gasteiger partial charge in [-0.15, -0.1) is 0 Å². The van der Waals surface area contributed by atoms with Crippen LogP contribution in [0.1, 0.15) is 56.2 Å². The molecule has 2 aliphatic carbocycles. The summed E-state index contributed by atoms with van der Waals surface area (Å²) in [7, 11) is 0. The summed E-state index contributed by atoms with van der Waals surface area (Å²) in [5, 5.41) is 0. The lowest BCUT2D eigenvalue weighted by molar-refractivity contribution is 0.117. The number of ether oxygens (including phenoxy) is 1. The first-order valence-electron chi connectivity index (χ1n) is 9.47. The van der Waals surface area contributed by atoms with E-state index >= 15 is 0 Å². The number of hydrogen-bond acceptors (Lipinski definition) is 1. The zero-order valence-electron chi connectivity index (χ0n) is 14.9. The third-order valence-corrected chi connectivity index (χ3v) is 6.53. The molecule has 1 nitrogen and oxygen atoms in total.